The number of nitrogens with zero attached hydrogens (tertiary/aromatic N) is 3. The maximum atomic E-state index is 4.36. The number of rotatable bonds is 6. The van der Waals surface area contributed by atoms with Crippen molar-refractivity contribution in [2.75, 3.05) is 20.1 Å². The molecule has 1 saturated carbocycles. The van der Waals surface area contributed by atoms with Crippen LogP contribution in [-0.2, 0) is 13.6 Å². The highest BCUT2D eigenvalue weighted by Gasteiger charge is 2.18. The van der Waals surface area contributed by atoms with Gasteiger partial charge in [0, 0.05) is 38.6 Å². The summed E-state index contributed by atoms with van der Waals surface area (Å²) in [6.45, 7) is 5.46. The van der Waals surface area contributed by atoms with Gasteiger partial charge >= 0.3 is 0 Å². The maximum Gasteiger partial charge on any atom is 0.122 e. The molecule has 1 aromatic heterocycles. The van der Waals surface area contributed by atoms with Crippen molar-refractivity contribution in [1.29, 1.82) is 0 Å². The molecule has 1 fully saturated rings. The number of aromatic nitrogens is 2. The first-order valence-electron chi connectivity index (χ1n) is 7.53. The molecule has 2 atom stereocenters. The zero-order valence-corrected chi connectivity index (χ0v) is 12.6. The minimum absolute atomic E-state index is 0.741. The van der Waals surface area contributed by atoms with Crippen molar-refractivity contribution in [3.63, 3.8) is 0 Å². The molecule has 108 valence electrons. The van der Waals surface area contributed by atoms with E-state index in [1.807, 2.05) is 12.4 Å². The summed E-state index contributed by atoms with van der Waals surface area (Å²) in [4.78, 5) is 6.70. The van der Waals surface area contributed by atoms with Gasteiger partial charge in [-0.2, -0.15) is 0 Å². The molecule has 0 bridgehead atoms. The molecular formula is C15H28N4. The Balaban J connectivity index is 1.64. The third kappa shape index (κ3) is 4.62. The number of nitrogens with one attached hydrogen (secondary N) is 1. The van der Waals surface area contributed by atoms with Crippen LogP contribution in [0.1, 0.15) is 38.4 Å². The van der Waals surface area contributed by atoms with Crippen LogP contribution >= 0.6 is 0 Å². The Bertz CT molecular complexity index is 374. The Labute approximate surface area is 117 Å². The van der Waals surface area contributed by atoms with Gasteiger partial charge in [0.2, 0.25) is 0 Å². The minimum Gasteiger partial charge on any atom is -0.337 e. The normalized spacial score (nSPS) is 24.0. The number of hydrogen-bond acceptors (Lipinski definition) is 3. The molecule has 4 nitrogen and oxygen atoms in total. The molecule has 1 aliphatic rings. The van der Waals surface area contributed by atoms with Gasteiger partial charge in [-0.1, -0.05) is 19.8 Å². The van der Waals surface area contributed by atoms with E-state index >= 15 is 0 Å². The van der Waals surface area contributed by atoms with Gasteiger partial charge in [-0.15, -0.1) is 0 Å². The van der Waals surface area contributed by atoms with Gasteiger partial charge < -0.3 is 9.88 Å². The van der Waals surface area contributed by atoms with Gasteiger partial charge in [-0.05, 0) is 25.8 Å². The lowest BCUT2D eigenvalue weighted by Crippen LogP contribution is -2.38. The first-order chi connectivity index (χ1) is 9.15. The Morgan fingerprint density at radius 2 is 2.32 bits per heavy atom. The lowest BCUT2D eigenvalue weighted by molar-refractivity contribution is 0.271. The Morgan fingerprint density at radius 3 is 3.00 bits per heavy atom. The molecular weight excluding hydrogens is 236 g/mol. The van der Waals surface area contributed by atoms with Gasteiger partial charge in [0.05, 0.1) is 6.54 Å². The zero-order chi connectivity index (χ0) is 13.7. The summed E-state index contributed by atoms with van der Waals surface area (Å²) in [6.07, 6.45) is 9.38. The summed E-state index contributed by atoms with van der Waals surface area (Å²) in [5, 5.41) is 3.71. The Hall–Kier alpha value is -0.870. The monoisotopic (exact) mass is 264 g/mol. The van der Waals surface area contributed by atoms with E-state index in [-0.39, 0.29) is 0 Å². The van der Waals surface area contributed by atoms with Crippen LogP contribution in [0.3, 0.4) is 0 Å². The van der Waals surface area contributed by atoms with E-state index in [9.17, 15) is 0 Å². The highest BCUT2D eigenvalue weighted by atomic mass is 15.2. The predicted molar refractivity (Wildman–Crippen MR) is 79.0 cm³/mol. The van der Waals surface area contributed by atoms with Crippen molar-refractivity contribution in [1.82, 2.24) is 19.8 Å². The lowest BCUT2D eigenvalue weighted by atomic mass is 9.87. The summed E-state index contributed by atoms with van der Waals surface area (Å²) in [6, 6.07) is 0.741. The van der Waals surface area contributed by atoms with Crippen LogP contribution in [0, 0.1) is 5.92 Å². The number of likely N-dealkylation sites (N-methyl/N-ethyl adjacent to an activating group) is 1. The molecule has 1 heterocycles. The summed E-state index contributed by atoms with van der Waals surface area (Å²) >= 11 is 0. The minimum atomic E-state index is 0.741. The molecule has 0 aromatic carbocycles. The van der Waals surface area contributed by atoms with E-state index in [0.717, 1.165) is 37.4 Å². The molecule has 1 aliphatic carbocycles. The topological polar surface area (TPSA) is 33.1 Å². The summed E-state index contributed by atoms with van der Waals surface area (Å²) in [5.41, 5.74) is 0. The molecule has 4 heteroatoms. The SMILES string of the molecule is CC1CCCC(NCCN(C)Cc2nccn2C)C1. The fraction of sp³-hybridized carbons (Fsp3) is 0.800. The van der Waals surface area contributed by atoms with E-state index < -0.39 is 0 Å². The molecule has 0 radical (unpaired) electrons. The molecule has 1 aromatic rings. The third-order valence-corrected chi connectivity index (χ3v) is 4.20. The van der Waals surface area contributed by atoms with E-state index in [2.05, 4.69) is 40.8 Å². The average molecular weight is 264 g/mol. The van der Waals surface area contributed by atoms with E-state index in [4.69, 9.17) is 0 Å². The van der Waals surface area contributed by atoms with Crippen molar-refractivity contribution in [2.45, 2.75) is 45.2 Å². The summed E-state index contributed by atoms with van der Waals surface area (Å²) in [5.74, 6) is 2.03. The maximum absolute atomic E-state index is 4.36. The van der Waals surface area contributed by atoms with E-state index in [1.54, 1.807) is 0 Å². The highest BCUT2D eigenvalue weighted by molar-refractivity contribution is 4.90. The van der Waals surface area contributed by atoms with Gasteiger partial charge in [0.15, 0.2) is 0 Å². The third-order valence-electron chi connectivity index (χ3n) is 4.20. The molecule has 0 spiro atoms. The van der Waals surface area contributed by atoms with Crippen molar-refractivity contribution < 1.29 is 0 Å². The highest BCUT2D eigenvalue weighted by Crippen LogP contribution is 2.23. The molecule has 19 heavy (non-hydrogen) atoms. The van der Waals surface area contributed by atoms with Crippen molar-refractivity contribution in [2.24, 2.45) is 13.0 Å². The number of imidazole rings is 1. The quantitative estimate of drug-likeness (QED) is 0.853. The van der Waals surface area contributed by atoms with Crippen molar-refractivity contribution in [3.05, 3.63) is 18.2 Å². The lowest BCUT2D eigenvalue weighted by Gasteiger charge is -2.28. The first-order valence-corrected chi connectivity index (χ1v) is 7.53. The van der Waals surface area contributed by atoms with Crippen LogP contribution in [0.25, 0.3) is 0 Å². The second-order valence-corrected chi connectivity index (χ2v) is 6.11. The van der Waals surface area contributed by atoms with Gasteiger partial charge in [0.1, 0.15) is 5.82 Å². The Kier molecular flexibility index (Phi) is 5.40. The van der Waals surface area contributed by atoms with E-state index in [0.29, 0.717) is 0 Å². The van der Waals surface area contributed by atoms with Crippen LogP contribution in [0.4, 0.5) is 0 Å². The van der Waals surface area contributed by atoms with Crippen LogP contribution < -0.4 is 5.32 Å². The van der Waals surface area contributed by atoms with Crippen molar-refractivity contribution >= 4 is 0 Å². The van der Waals surface area contributed by atoms with Crippen molar-refractivity contribution in [3.8, 4) is 0 Å². The van der Waals surface area contributed by atoms with Crippen LogP contribution in [-0.4, -0.2) is 40.6 Å². The largest absolute Gasteiger partial charge is 0.337 e. The Morgan fingerprint density at radius 1 is 1.47 bits per heavy atom. The second kappa shape index (κ2) is 7.06. The molecule has 0 amide bonds. The zero-order valence-electron chi connectivity index (χ0n) is 12.6. The van der Waals surface area contributed by atoms with Crippen LogP contribution in [0.5, 0.6) is 0 Å². The number of hydrogen-bond donors (Lipinski definition) is 1. The fourth-order valence-electron chi connectivity index (χ4n) is 2.95. The molecule has 2 unspecified atom stereocenters. The summed E-state index contributed by atoms with van der Waals surface area (Å²) < 4.78 is 2.09. The van der Waals surface area contributed by atoms with E-state index in [1.165, 1.54) is 25.7 Å². The van der Waals surface area contributed by atoms with Gasteiger partial charge in [-0.25, -0.2) is 4.98 Å². The van der Waals surface area contributed by atoms with Gasteiger partial charge in [-0.3, -0.25) is 4.90 Å². The predicted octanol–water partition coefficient (Wildman–Crippen LogP) is 2.02. The smallest absolute Gasteiger partial charge is 0.122 e. The fourth-order valence-corrected chi connectivity index (χ4v) is 2.95. The number of aryl methyl sites for hydroxylation is 1. The molecule has 2 rings (SSSR count). The average Bonchev–Trinajstić information content (AvgIpc) is 2.75. The summed E-state index contributed by atoms with van der Waals surface area (Å²) in [7, 11) is 4.22. The second-order valence-electron chi connectivity index (χ2n) is 6.11. The van der Waals surface area contributed by atoms with Crippen LogP contribution in [0.2, 0.25) is 0 Å². The standard InChI is InChI=1S/C15H28N4/c1-13-5-4-6-14(11-13)16-7-9-18(2)12-15-17-8-10-19(15)3/h8,10,13-14,16H,4-7,9,11-12H2,1-3H3. The molecule has 1 N–H and O–H groups in total. The van der Waals surface area contributed by atoms with Gasteiger partial charge in [0.25, 0.3) is 0 Å². The molecule has 0 saturated heterocycles. The molecule has 0 aliphatic heterocycles. The van der Waals surface area contributed by atoms with Crippen LogP contribution in [0.15, 0.2) is 12.4 Å². The first kappa shape index (κ1) is 14.5.